The fourth-order valence-corrected chi connectivity index (χ4v) is 2.61. The largest absolute Gasteiger partial charge is 0.392 e. The molecule has 0 radical (unpaired) electrons. The van der Waals surface area contributed by atoms with Crippen molar-refractivity contribution >= 4 is 28.8 Å². The lowest BCUT2D eigenvalue weighted by molar-refractivity contribution is -0.163. The zero-order valence-corrected chi connectivity index (χ0v) is 15.2. The van der Waals surface area contributed by atoms with Gasteiger partial charge in [0.15, 0.2) is 5.12 Å². The molecule has 0 aliphatic carbocycles. The highest BCUT2D eigenvalue weighted by Crippen LogP contribution is 2.12. The Morgan fingerprint density at radius 3 is 2.42 bits per heavy atom. The van der Waals surface area contributed by atoms with E-state index in [1.165, 1.54) is 6.92 Å². The molecule has 0 saturated heterocycles. The van der Waals surface area contributed by atoms with Crippen LogP contribution in [0.4, 0.5) is 0 Å². The zero-order chi connectivity index (χ0) is 17.9. The third-order valence-corrected chi connectivity index (χ3v) is 4.42. The minimum Gasteiger partial charge on any atom is -0.392 e. The number of carbonyl (C=O) groups is 3. The van der Waals surface area contributed by atoms with Crippen LogP contribution in [0.1, 0.15) is 32.8 Å². The van der Waals surface area contributed by atoms with Gasteiger partial charge in [-0.15, -0.1) is 0 Å². The lowest BCUT2D eigenvalue weighted by Crippen LogP contribution is -2.41. The van der Waals surface area contributed by atoms with Crippen LogP contribution in [0.5, 0.6) is 0 Å². The van der Waals surface area contributed by atoms with E-state index in [-0.39, 0.29) is 5.12 Å². The minimum atomic E-state index is -0.592. The van der Waals surface area contributed by atoms with Crippen LogP contribution in [0.2, 0.25) is 0 Å². The Labute approximate surface area is 147 Å². The molecule has 24 heavy (non-hydrogen) atoms. The van der Waals surface area contributed by atoms with Crippen LogP contribution < -0.4 is 5.32 Å². The van der Waals surface area contributed by atoms with Crippen LogP contribution in [0.25, 0.3) is 0 Å². The Morgan fingerprint density at radius 1 is 1.17 bits per heavy atom. The Balaban J connectivity index is 2.63. The summed E-state index contributed by atoms with van der Waals surface area (Å²) < 4.78 is 5.01. The summed E-state index contributed by atoms with van der Waals surface area (Å²) >= 11 is 1.05. The molecule has 0 aliphatic rings. The molecule has 0 aliphatic heterocycles. The van der Waals surface area contributed by atoms with Gasteiger partial charge in [-0.3, -0.25) is 9.59 Å². The lowest BCUT2D eigenvalue weighted by atomic mass is 10.1. The van der Waals surface area contributed by atoms with Crippen LogP contribution in [-0.4, -0.2) is 35.4 Å². The number of hydrogen-bond acceptors (Lipinski definition) is 6. The molecule has 132 valence electrons. The predicted octanol–water partition coefficient (Wildman–Crippen LogP) is 2.58. The number of nitrogens with one attached hydrogen (secondary N) is 1. The third-order valence-electron chi connectivity index (χ3n) is 3.35. The number of rotatable bonds is 9. The van der Waals surface area contributed by atoms with E-state index in [1.54, 1.807) is 6.92 Å². The van der Waals surface area contributed by atoms with Crippen molar-refractivity contribution in [1.82, 2.24) is 5.32 Å². The van der Waals surface area contributed by atoms with Crippen molar-refractivity contribution < 1.29 is 19.1 Å². The van der Waals surface area contributed by atoms with E-state index in [2.05, 4.69) is 5.32 Å². The number of esters is 2. The lowest BCUT2D eigenvalue weighted by Gasteiger charge is -2.18. The predicted molar refractivity (Wildman–Crippen MR) is 95.6 cm³/mol. The molecule has 0 bridgehead atoms. The number of ether oxygens (including phenoxy) is 1. The first-order valence-electron chi connectivity index (χ1n) is 8.10. The summed E-state index contributed by atoms with van der Waals surface area (Å²) in [4.78, 5) is 35.3. The second kappa shape index (κ2) is 11.0. The highest BCUT2D eigenvalue weighted by molar-refractivity contribution is 8.13. The molecular formula is C18H25NO4S. The van der Waals surface area contributed by atoms with E-state index >= 15 is 0 Å². The smallest absolute Gasteiger partial charge is 0.331 e. The summed E-state index contributed by atoms with van der Waals surface area (Å²) in [5.41, 5.74) is 0.996. The average molecular weight is 351 g/mol. The molecule has 0 heterocycles. The van der Waals surface area contributed by atoms with Gasteiger partial charge < -0.3 is 10.1 Å². The van der Waals surface area contributed by atoms with Crippen molar-refractivity contribution in [3.63, 3.8) is 0 Å². The summed E-state index contributed by atoms with van der Waals surface area (Å²) in [7, 11) is 0. The van der Waals surface area contributed by atoms with Crippen molar-refractivity contribution in [3.05, 3.63) is 35.9 Å². The molecule has 6 heteroatoms. The van der Waals surface area contributed by atoms with Crippen LogP contribution >= 0.6 is 11.8 Å². The molecule has 1 aromatic carbocycles. The van der Waals surface area contributed by atoms with Gasteiger partial charge in [-0.25, -0.2) is 4.79 Å². The van der Waals surface area contributed by atoms with E-state index in [0.717, 1.165) is 23.7 Å². The average Bonchev–Trinajstić information content (AvgIpc) is 2.57. The van der Waals surface area contributed by atoms with Gasteiger partial charge in [-0.05, 0) is 24.9 Å². The Bertz CT molecular complexity index is 547. The van der Waals surface area contributed by atoms with Gasteiger partial charge in [0.05, 0.1) is 5.92 Å². The summed E-state index contributed by atoms with van der Waals surface area (Å²) in [5.74, 6) is -1.36. The molecule has 0 spiro atoms. The van der Waals surface area contributed by atoms with Gasteiger partial charge in [0.1, 0.15) is 6.04 Å². The van der Waals surface area contributed by atoms with Crippen LogP contribution in [0.3, 0.4) is 0 Å². The van der Waals surface area contributed by atoms with Gasteiger partial charge in [0.2, 0.25) is 0 Å². The van der Waals surface area contributed by atoms with Crippen molar-refractivity contribution in [1.29, 1.82) is 0 Å². The van der Waals surface area contributed by atoms with E-state index in [1.807, 2.05) is 37.3 Å². The molecule has 1 rings (SSSR count). The topological polar surface area (TPSA) is 72.5 Å². The molecule has 0 unspecified atom stereocenters. The Morgan fingerprint density at radius 2 is 1.83 bits per heavy atom. The maximum atomic E-state index is 12.3. The molecular weight excluding hydrogens is 326 g/mol. The molecule has 0 aromatic heterocycles. The number of thioether (sulfide) groups is 1. The van der Waals surface area contributed by atoms with Crippen molar-refractivity contribution in [2.45, 2.75) is 39.7 Å². The molecule has 5 nitrogen and oxygen atoms in total. The minimum absolute atomic E-state index is 0.0625. The summed E-state index contributed by atoms with van der Waals surface area (Å²) in [6.07, 6.45) is 1.34. The van der Waals surface area contributed by atoms with E-state index in [0.29, 0.717) is 18.7 Å². The first-order chi connectivity index (χ1) is 11.4. The Kier molecular flexibility index (Phi) is 9.34. The van der Waals surface area contributed by atoms with Crippen LogP contribution in [-0.2, 0) is 25.5 Å². The van der Waals surface area contributed by atoms with Crippen molar-refractivity contribution in [2.75, 3.05) is 12.3 Å². The second-order valence-electron chi connectivity index (χ2n) is 5.64. The fraction of sp³-hybridized carbons (Fsp3) is 0.500. The second-order valence-corrected chi connectivity index (χ2v) is 6.84. The van der Waals surface area contributed by atoms with Gasteiger partial charge in [0, 0.05) is 12.7 Å². The zero-order valence-electron chi connectivity index (χ0n) is 14.4. The van der Waals surface area contributed by atoms with Gasteiger partial charge in [-0.2, -0.15) is 0 Å². The fourth-order valence-electron chi connectivity index (χ4n) is 1.99. The normalized spacial score (nSPS) is 13.1. The van der Waals surface area contributed by atoms with E-state index in [9.17, 15) is 14.4 Å². The Hall–Kier alpha value is -1.66. The molecule has 2 atom stereocenters. The third kappa shape index (κ3) is 7.75. The van der Waals surface area contributed by atoms with Gasteiger partial charge >= 0.3 is 11.9 Å². The number of benzene rings is 1. The maximum Gasteiger partial charge on any atom is 0.331 e. The monoisotopic (exact) mass is 351 g/mol. The standard InChI is InChI=1S/C18H25NO4S/c1-4-10-19-16(11-15-8-6-5-7-9-15)18(22)23-17(21)13(2)12-24-14(3)20/h5-9,13,16,19H,4,10-12H2,1-3H3/t13-,16+/m1/s1. The summed E-state index contributed by atoms with van der Waals surface area (Å²) in [6.45, 7) is 5.76. The highest BCUT2D eigenvalue weighted by atomic mass is 32.2. The maximum absolute atomic E-state index is 12.3. The quantitative estimate of drug-likeness (QED) is 0.545. The van der Waals surface area contributed by atoms with Crippen molar-refractivity contribution in [3.8, 4) is 0 Å². The van der Waals surface area contributed by atoms with E-state index < -0.39 is 23.9 Å². The summed E-state index contributed by atoms with van der Waals surface area (Å²) in [6, 6.07) is 9.02. The first kappa shape index (κ1) is 20.4. The molecule has 0 fully saturated rings. The summed E-state index contributed by atoms with van der Waals surface area (Å²) in [5, 5.41) is 3.06. The molecule has 1 aromatic rings. The highest BCUT2D eigenvalue weighted by Gasteiger charge is 2.25. The molecule has 0 saturated carbocycles. The number of carbonyl (C=O) groups excluding carboxylic acids is 3. The SMILES string of the molecule is CCCN[C@@H](Cc1ccccc1)C(=O)OC(=O)[C@H](C)CSC(C)=O. The van der Waals surface area contributed by atoms with E-state index in [4.69, 9.17) is 4.74 Å². The molecule has 1 N–H and O–H groups in total. The number of hydrogen-bond donors (Lipinski definition) is 1. The van der Waals surface area contributed by atoms with Crippen LogP contribution in [0, 0.1) is 5.92 Å². The van der Waals surface area contributed by atoms with Crippen LogP contribution in [0.15, 0.2) is 30.3 Å². The van der Waals surface area contributed by atoms with Gasteiger partial charge in [0.25, 0.3) is 0 Å². The van der Waals surface area contributed by atoms with Gasteiger partial charge in [-0.1, -0.05) is 55.9 Å². The van der Waals surface area contributed by atoms with Crippen molar-refractivity contribution in [2.24, 2.45) is 5.92 Å². The molecule has 0 amide bonds. The first-order valence-corrected chi connectivity index (χ1v) is 9.08.